The molecule has 0 spiro atoms. The van der Waals surface area contributed by atoms with Gasteiger partial charge in [0, 0.05) is 23.9 Å². The number of anilines is 1. The summed E-state index contributed by atoms with van der Waals surface area (Å²) in [5, 5.41) is 3.93. The first kappa shape index (κ1) is 19.0. The van der Waals surface area contributed by atoms with Gasteiger partial charge in [0.15, 0.2) is 5.16 Å². The second kappa shape index (κ2) is 7.88. The summed E-state index contributed by atoms with van der Waals surface area (Å²) in [6.07, 6.45) is 0.808. The fourth-order valence-corrected chi connectivity index (χ4v) is 5.09. The van der Waals surface area contributed by atoms with Crippen molar-refractivity contribution in [2.75, 3.05) is 11.1 Å². The molecule has 7 heteroatoms. The smallest absolute Gasteiger partial charge is 0.268 e. The van der Waals surface area contributed by atoms with Crippen LogP contribution < -0.4 is 10.9 Å². The molecule has 5 nitrogen and oxygen atoms in total. The van der Waals surface area contributed by atoms with Crippen molar-refractivity contribution in [3.63, 3.8) is 0 Å². The molecule has 3 rings (SSSR count). The van der Waals surface area contributed by atoms with E-state index in [0.717, 1.165) is 33.8 Å². The van der Waals surface area contributed by atoms with Crippen LogP contribution in [-0.2, 0) is 17.8 Å². The van der Waals surface area contributed by atoms with E-state index in [1.165, 1.54) is 11.8 Å². The minimum Gasteiger partial charge on any atom is -0.325 e. The van der Waals surface area contributed by atoms with Crippen LogP contribution in [0.15, 0.2) is 33.0 Å². The van der Waals surface area contributed by atoms with Crippen LogP contribution in [0.1, 0.15) is 30.7 Å². The Hall–Kier alpha value is -1.73. The van der Waals surface area contributed by atoms with Crippen molar-refractivity contribution in [3.05, 3.63) is 45.4 Å². The summed E-state index contributed by atoms with van der Waals surface area (Å²) in [5.74, 6) is 0.126. The third-order valence-electron chi connectivity index (χ3n) is 4.12. The van der Waals surface area contributed by atoms with Crippen molar-refractivity contribution in [2.45, 2.75) is 56.0 Å². The lowest BCUT2D eigenvalue weighted by molar-refractivity contribution is -0.113. The molecule has 0 radical (unpaired) electrons. The number of benzene rings is 1. The summed E-state index contributed by atoms with van der Waals surface area (Å²) < 4.78 is 1.67. The highest BCUT2D eigenvalue weighted by atomic mass is 32.2. The van der Waals surface area contributed by atoms with Crippen LogP contribution in [0.2, 0.25) is 0 Å². The van der Waals surface area contributed by atoms with Gasteiger partial charge in [-0.2, -0.15) is 0 Å². The van der Waals surface area contributed by atoms with Gasteiger partial charge in [-0.15, -0.1) is 11.8 Å². The predicted octanol–water partition coefficient (Wildman–Crippen LogP) is 3.65. The summed E-state index contributed by atoms with van der Waals surface area (Å²) in [7, 11) is 0. The number of carbonyl (C=O) groups is 1. The lowest BCUT2D eigenvalue weighted by Crippen LogP contribution is -2.25. The maximum absolute atomic E-state index is 12.7. The molecule has 1 aliphatic rings. The highest BCUT2D eigenvalue weighted by molar-refractivity contribution is 8.00. The molecular formula is C19H23N3O2S2. The topological polar surface area (TPSA) is 64.0 Å². The first-order chi connectivity index (χ1) is 12.4. The monoisotopic (exact) mass is 389 g/mol. The molecule has 1 N–H and O–H groups in total. The van der Waals surface area contributed by atoms with Gasteiger partial charge in [0.25, 0.3) is 5.56 Å². The summed E-state index contributed by atoms with van der Waals surface area (Å²) in [5.41, 5.74) is 3.91. The van der Waals surface area contributed by atoms with Crippen LogP contribution in [0.5, 0.6) is 0 Å². The second-order valence-corrected chi connectivity index (χ2v) is 8.96. The third kappa shape index (κ3) is 4.15. The molecule has 0 bridgehead atoms. The Balaban J connectivity index is 1.73. The minimum absolute atomic E-state index is 0.0177. The van der Waals surface area contributed by atoms with Crippen LogP contribution >= 0.6 is 23.5 Å². The van der Waals surface area contributed by atoms with E-state index in [9.17, 15) is 9.59 Å². The molecular weight excluding hydrogens is 366 g/mol. The third-order valence-corrected chi connectivity index (χ3v) is 6.31. The first-order valence-electron chi connectivity index (χ1n) is 8.68. The Bertz CT molecular complexity index is 888. The highest BCUT2D eigenvalue weighted by Gasteiger charge is 2.26. The average molecular weight is 390 g/mol. The van der Waals surface area contributed by atoms with E-state index >= 15 is 0 Å². The van der Waals surface area contributed by atoms with Crippen molar-refractivity contribution in [2.24, 2.45) is 0 Å². The molecule has 0 saturated heterocycles. The zero-order valence-electron chi connectivity index (χ0n) is 15.5. The Labute approximate surface area is 162 Å². The maximum Gasteiger partial charge on any atom is 0.268 e. The molecule has 2 aromatic rings. The molecule has 138 valence electrons. The van der Waals surface area contributed by atoms with Crippen LogP contribution in [0.25, 0.3) is 0 Å². The standard InChI is InChI=1S/C19H23N3O2S2/c1-5-22-18(24)17-15(9-13(4)26-17)21-19(22)25-10-16(23)20-14-7-11(2)6-12(3)8-14/h6-8,13H,5,9-10H2,1-4H3,(H,20,23). The van der Waals surface area contributed by atoms with Crippen LogP contribution in [-0.4, -0.2) is 26.5 Å². The predicted molar refractivity (Wildman–Crippen MR) is 108 cm³/mol. The molecule has 1 aliphatic heterocycles. The second-order valence-electron chi connectivity index (χ2n) is 6.57. The number of rotatable bonds is 5. The van der Waals surface area contributed by atoms with Gasteiger partial charge in [-0.3, -0.25) is 14.2 Å². The van der Waals surface area contributed by atoms with E-state index in [4.69, 9.17) is 0 Å². The van der Waals surface area contributed by atoms with Crippen molar-refractivity contribution < 1.29 is 4.79 Å². The van der Waals surface area contributed by atoms with Gasteiger partial charge in [0.05, 0.1) is 16.3 Å². The highest BCUT2D eigenvalue weighted by Crippen LogP contribution is 2.34. The van der Waals surface area contributed by atoms with E-state index in [0.29, 0.717) is 17.0 Å². The zero-order chi connectivity index (χ0) is 18.8. The average Bonchev–Trinajstić information content (AvgIpc) is 2.93. The van der Waals surface area contributed by atoms with Crippen molar-refractivity contribution in [3.8, 4) is 0 Å². The van der Waals surface area contributed by atoms with Crippen LogP contribution in [0.4, 0.5) is 5.69 Å². The zero-order valence-corrected chi connectivity index (χ0v) is 17.1. The Morgan fingerprint density at radius 1 is 1.35 bits per heavy atom. The van der Waals surface area contributed by atoms with Gasteiger partial charge < -0.3 is 5.32 Å². The van der Waals surface area contributed by atoms with Crippen LogP contribution in [0, 0.1) is 13.8 Å². The van der Waals surface area contributed by atoms with E-state index in [2.05, 4.69) is 23.3 Å². The van der Waals surface area contributed by atoms with Gasteiger partial charge in [0.2, 0.25) is 5.91 Å². The number of amides is 1. The molecule has 1 aromatic carbocycles. The number of aromatic nitrogens is 2. The lowest BCUT2D eigenvalue weighted by Gasteiger charge is -2.12. The molecule has 1 unspecified atom stereocenters. The van der Waals surface area contributed by atoms with E-state index in [1.807, 2.05) is 32.9 Å². The summed E-state index contributed by atoms with van der Waals surface area (Å²) in [4.78, 5) is 30.4. The molecule has 0 saturated carbocycles. The number of aryl methyl sites for hydroxylation is 2. The molecule has 1 atom stereocenters. The van der Waals surface area contributed by atoms with E-state index in [-0.39, 0.29) is 17.2 Å². The van der Waals surface area contributed by atoms with Crippen molar-refractivity contribution in [1.82, 2.24) is 9.55 Å². The fourth-order valence-electron chi connectivity index (χ4n) is 3.09. The molecule has 26 heavy (non-hydrogen) atoms. The maximum atomic E-state index is 12.7. The lowest BCUT2D eigenvalue weighted by atomic mass is 10.1. The summed E-state index contributed by atoms with van der Waals surface area (Å²) in [6.45, 7) is 8.59. The molecule has 1 aromatic heterocycles. The number of nitrogens with zero attached hydrogens (tertiary/aromatic N) is 2. The van der Waals surface area contributed by atoms with Crippen LogP contribution in [0.3, 0.4) is 0 Å². The quantitative estimate of drug-likeness (QED) is 0.625. The fraction of sp³-hybridized carbons (Fsp3) is 0.421. The number of nitrogens with one attached hydrogen (secondary N) is 1. The number of thioether (sulfide) groups is 2. The van der Waals surface area contributed by atoms with E-state index in [1.54, 1.807) is 16.3 Å². The number of carbonyl (C=O) groups excluding carboxylic acids is 1. The van der Waals surface area contributed by atoms with Crippen molar-refractivity contribution in [1.29, 1.82) is 0 Å². The number of fused-ring (bicyclic) bond motifs is 1. The number of hydrogen-bond donors (Lipinski definition) is 1. The molecule has 0 fully saturated rings. The Morgan fingerprint density at radius 2 is 2.04 bits per heavy atom. The summed E-state index contributed by atoms with van der Waals surface area (Å²) >= 11 is 2.92. The van der Waals surface area contributed by atoms with Gasteiger partial charge >= 0.3 is 0 Å². The Morgan fingerprint density at radius 3 is 2.69 bits per heavy atom. The molecule has 0 aliphatic carbocycles. The summed E-state index contributed by atoms with van der Waals surface area (Å²) in [6, 6.07) is 5.96. The van der Waals surface area contributed by atoms with Crippen molar-refractivity contribution >= 4 is 35.1 Å². The van der Waals surface area contributed by atoms with Gasteiger partial charge in [-0.1, -0.05) is 24.8 Å². The SMILES string of the molecule is CCn1c(SCC(=O)Nc2cc(C)cc(C)c2)nc2c(c1=O)SC(C)C2. The van der Waals surface area contributed by atoms with Gasteiger partial charge in [-0.25, -0.2) is 4.98 Å². The number of hydrogen-bond acceptors (Lipinski definition) is 5. The minimum atomic E-state index is -0.0971. The Kier molecular flexibility index (Phi) is 5.77. The molecule has 1 amide bonds. The van der Waals surface area contributed by atoms with E-state index < -0.39 is 0 Å². The first-order valence-corrected chi connectivity index (χ1v) is 10.5. The normalized spacial score (nSPS) is 15.8. The van der Waals surface area contributed by atoms with Gasteiger partial charge in [0.1, 0.15) is 0 Å². The molecule has 2 heterocycles. The van der Waals surface area contributed by atoms with Gasteiger partial charge in [-0.05, 0) is 44.0 Å². The largest absolute Gasteiger partial charge is 0.325 e.